The van der Waals surface area contributed by atoms with Crippen LogP contribution in [0.15, 0.2) is 24.3 Å². The van der Waals surface area contributed by atoms with Crippen LogP contribution in [0.2, 0.25) is 5.02 Å². The maximum atomic E-state index is 12.2. The Bertz CT molecular complexity index is 432. The maximum absolute atomic E-state index is 12.2. The highest BCUT2D eigenvalue weighted by Gasteiger charge is 2.27. The molecule has 0 saturated heterocycles. The molecule has 0 spiro atoms. The van der Waals surface area contributed by atoms with Crippen LogP contribution in [0.4, 0.5) is 0 Å². The fraction of sp³-hybridized carbons (Fsp3) is 0.533. The van der Waals surface area contributed by atoms with E-state index < -0.39 is 0 Å². The molecule has 0 aliphatic rings. The Hall–Kier alpha value is -1.02. The van der Waals surface area contributed by atoms with Crippen molar-refractivity contribution in [3.8, 4) is 0 Å². The van der Waals surface area contributed by atoms with E-state index in [1.54, 1.807) is 12.1 Å². The number of hydrogen-bond donors (Lipinski definition) is 1. The average Bonchev–Trinajstić information content (AvgIpc) is 2.12. The predicted octanol–water partition coefficient (Wildman–Crippen LogP) is 4.28. The normalized spacial score (nSPS) is 12.3. The Balaban J connectivity index is 2.79. The van der Waals surface area contributed by atoms with Gasteiger partial charge in [-0.1, -0.05) is 44.5 Å². The first-order valence-electron chi connectivity index (χ1n) is 6.18. The molecule has 0 bridgehead atoms. The van der Waals surface area contributed by atoms with Crippen molar-refractivity contribution in [2.45, 2.75) is 46.6 Å². The van der Waals surface area contributed by atoms with Crippen molar-refractivity contribution in [1.29, 1.82) is 0 Å². The first kappa shape index (κ1) is 15.0. The maximum Gasteiger partial charge on any atom is 0.253 e. The Morgan fingerprint density at radius 2 is 1.72 bits per heavy atom. The van der Waals surface area contributed by atoms with Crippen LogP contribution in [0.25, 0.3) is 0 Å². The van der Waals surface area contributed by atoms with Crippen molar-refractivity contribution in [2.75, 3.05) is 0 Å². The lowest BCUT2D eigenvalue weighted by Crippen LogP contribution is -2.45. The molecule has 1 aromatic rings. The fourth-order valence-electron chi connectivity index (χ4n) is 2.39. The van der Waals surface area contributed by atoms with E-state index in [1.165, 1.54) is 0 Å². The lowest BCUT2D eigenvalue weighted by atomic mass is 9.81. The molecule has 1 aromatic carbocycles. The van der Waals surface area contributed by atoms with Gasteiger partial charge in [-0.15, -0.1) is 0 Å². The van der Waals surface area contributed by atoms with Gasteiger partial charge in [0, 0.05) is 5.54 Å². The van der Waals surface area contributed by atoms with E-state index in [1.807, 2.05) is 26.0 Å². The van der Waals surface area contributed by atoms with Crippen LogP contribution in [-0.2, 0) is 0 Å². The van der Waals surface area contributed by atoms with Gasteiger partial charge in [-0.25, -0.2) is 0 Å². The lowest BCUT2D eigenvalue weighted by molar-refractivity contribution is 0.0891. The molecule has 0 aliphatic carbocycles. The Labute approximate surface area is 115 Å². The van der Waals surface area contributed by atoms with Gasteiger partial charge in [0.15, 0.2) is 0 Å². The smallest absolute Gasteiger partial charge is 0.253 e. The van der Waals surface area contributed by atoms with Crippen molar-refractivity contribution in [1.82, 2.24) is 5.32 Å². The summed E-state index contributed by atoms with van der Waals surface area (Å²) in [5.74, 6) is -0.116. The Kier molecular flexibility index (Phi) is 4.44. The van der Waals surface area contributed by atoms with Gasteiger partial charge in [0.2, 0.25) is 0 Å². The summed E-state index contributed by atoms with van der Waals surface area (Å²) in [5.41, 5.74) is 0.437. The number of benzene rings is 1. The summed E-state index contributed by atoms with van der Waals surface area (Å²) in [7, 11) is 0. The van der Waals surface area contributed by atoms with Crippen molar-refractivity contribution in [2.24, 2.45) is 5.41 Å². The highest BCUT2D eigenvalue weighted by Crippen LogP contribution is 2.27. The van der Waals surface area contributed by atoms with Gasteiger partial charge >= 0.3 is 0 Å². The van der Waals surface area contributed by atoms with Crippen LogP contribution in [0.3, 0.4) is 0 Å². The van der Waals surface area contributed by atoms with Crippen LogP contribution < -0.4 is 5.32 Å². The molecule has 0 unspecified atom stereocenters. The second-order valence-corrected chi connectivity index (χ2v) is 6.96. The van der Waals surface area contributed by atoms with Crippen LogP contribution in [-0.4, -0.2) is 11.4 Å². The summed E-state index contributed by atoms with van der Waals surface area (Å²) in [6, 6.07) is 7.11. The molecule has 0 radical (unpaired) electrons. The number of amides is 1. The third-order valence-electron chi connectivity index (χ3n) is 2.54. The minimum atomic E-state index is -0.255. The highest BCUT2D eigenvalue weighted by atomic mass is 35.5. The molecule has 1 N–H and O–H groups in total. The molecule has 0 saturated carbocycles. The van der Waals surface area contributed by atoms with Crippen molar-refractivity contribution < 1.29 is 4.79 Å². The third kappa shape index (κ3) is 4.69. The summed E-state index contributed by atoms with van der Waals surface area (Å²) in [6.07, 6.45) is 0.899. The van der Waals surface area contributed by atoms with Gasteiger partial charge in [-0.2, -0.15) is 0 Å². The van der Waals surface area contributed by atoms with Crippen LogP contribution in [0, 0.1) is 5.41 Å². The van der Waals surface area contributed by atoms with E-state index in [0.717, 1.165) is 6.42 Å². The molecule has 2 nitrogen and oxygen atoms in total. The number of nitrogens with one attached hydrogen (secondary N) is 1. The largest absolute Gasteiger partial charge is 0.347 e. The van der Waals surface area contributed by atoms with E-state index in [2.05, 4.69) is 26.1 Å². The van der Waals surface area contributed by atoms with Gasteiger partial charge < -0.3 is 5.32 Å². The molecule has 18 heavy (non-hydrogen) atoms. The van der Waals surface area contributed by atoms with E-state index in [0.29, 0.717) is 10.6 Å². The summed E-state index contributed by atoms with van der Waals surface area (Å²) in [6.45, 7) is 10.6. The van der Waals surface area contributed by atoms with Gasteiger partial charge in [-0.05, 0) is 37.8 Å². The number of carbonyl (C=O) groups excluding carboxylic acids is 1. The summed E-state index contributed by atoms with van der Waals surface area (Å²) >= 11 is 6.02. The third-order valence-corrected chi connectivity index (χ3v) is 2.87. The SMILES string of the molecule is CC(C)(C)CC(C)(C)NC(=O)c1ccccc1Cl. The zero-order valence-electron chi connectivity index (χ0n) is 11.8. The molecule has 1 amide bonds. The van der Waals surface area contributed by atoms with E-state index in [-0.39, 0.29) is 16.9 Å². The number of carbonyl (C=O) groups is 1. The number of hydrogen-bond acceptors (Lipinski definition) is 1. The van der Waals surface area contributed by atoms with Crippen molar-refractivity contribution in [3.05, 3.63) is 34.9 Å². The van der Waals surface area contributed by atoms with Crippen molar-refractivity contribution >= 4 is 17.5 Å². The molecule has 3 heteroatoms. The van der Waals surface area contributed by atoms with Gasteiger partial charge in [0.25, 0.3) is 5.91 Å². The lowest BCUT2D eigenvalue weighted by Gasteiger charge is -2.33. The van der Waals surface area contributed by atoms with Crippen LogP contribution >= 0.6 is 11.6 Å². The summed E-state index contributed by atoms with van der Waals surface area (Å²) < 4.78 is 0. The van der Waals surface area contributed by atoms with Gasteiger partial charge in [0.05, 0.1) is 10.6 Å². The highest BCUT2D eigenvalue weighted by molar-refractivity contribution is 6.33. The summed E-state index contributed by atoms with van der Waals surface area (Å²) in [4.78, 5) is 12.2. The minimum Gasteiger partial charge on any atom is -0.347 e. The fourth-order valence-corrected chi connectivity index (χ4v) is 2.61. The molecule has 1 rings (SSSR count). The first-order chi connectivity index (χ1) is 8.11. The average molecular weight is 268 g/mol. The van der Waals surface area contributed by atoms with E-state index >= 15 is 0 Å². The molecule has 0 aliphatic heterocycles. The Morgan fingerprint density at radius 3 is 2.22 bits per heavy atom. The standard InChI is InChI=1S/C15H22ClNO/c1-14(2,3)10-15(4,5)17-13(18)11-8-6-7-9-12(11)16/h6-9H,10H2,1-5H3,(H,17,18). The van der Waals surface area contributed by atoms with E-state index in [9.17, 15) is 4.79 Å². The van der Waals surface area contributed by atoms with Gasteiger partial charge in [0.1, 0.15) is 0 Å². The van der Waals surface area contributed by atoms with Gasteiger partial charge in [-0.3, -0.25) is 4.79 Å². The molecule has 100 valence electrons. The molecule has 0 atom stereocenters. The quantitative estimate of drug-likeness (QED) is 0.870. The van der Waals surface area contributed by atoms with Crippen molar-refractivity contribution in [3.63, 3.8) is 0 Å². The molecular formula is C15H22ClNO. The zero-order valence-corrected chi connectivity index (χ0v) is 12.6. The second kappa shape index (κ2) is 5.31. The zero-order chi connectivity index (χ0) is 14.0. The minimum absolute atomic E-state index is 0.116. The second-order valence-electron chi connectivity index (χ2n) is 6.56. The van der Waals surface area contributed by atoms with E-state index in [4.69, 9.17) is 11.6 Å². The summed E-state index contributed by atoms with van der Waals surface area (Å²) in [5, 5.41) is 3.53. The molecule has 0 heterocycles. The molecule has 0 fully saturated rings. The first-order valence-corrected chi connectivity index (χ1v) is 6.56. The van der Waals surface area contributed by atoms with Crippen LogP contribution in [0.5, 0.6) is 0 Å². The number of rotatable bonds is 3. The molecular weight excluding hydrogens is 246 g/mol. The van der Waals surface area contributed by atoms with Crippen LogP contribution in [0.1, 0.15) is 51.4 Å². The number of halogens is 1. The topological polar surface area (TPSA) is 29.1 Å². The molecule has 0 aromatic heterocycles. The Morgan fingerprint density at radius 1 is 1.17 bits per heavy atom. The predicted molar refractivity (Wildman–Crippen MR) is 77.1 cm³/mol. The monoisotopic (exact) mass is 267 g/mol.